The molecule has 1 N–H and O–H groups in total. The maximum atomic E-state index is 13.4. The minimum Gasteiger partial charge on any atom is -0.756 e. The van der Waals surface area contributed by atoms with E-state index in [0.29, 0.717) is 23.9 Å². The number of amides is 1. The topological polar surface area (TPSA) is 114 Å². The Morgan fingerprint density at radius 2 is 0.912 bits per heavy atom. The van der Waals surface area contributed by atoms with Crippen molar-refractivity contribution in [2.75, 3.05) is 40.9 Å². The van der Waals surface area contributed by atoms with Crippen molar-refractivity contribution >= 4 is 19.7 Å². The average Bonchev–Trinajstić information content (AvgIpc) is 3.29. The van der Waals surface area contributed by atoms with Gasteiger partial charge in [0.1, 0.15) is 19.3 Å². The van der Waals surface area contributed by atoms with Crippen LogP contribution in [0.25, 0.3) is 0 Å². The number of rotatable bonds is 48. The molecule has 3 unspecified atom stereocenters. The molecule has 0 aliphatic carbocycles. The molecule has 0 saturated carbocycles. The van der Waals surface area contributed by atoms with Crippen LogP contribution in [0.4, 0.5) is 0 Å². The Morgan fingerprint density at radius 1 is 0.515 bits per heavy atom. The Hall–Kier alpha value is -2.81. The van der Waals surface area contributed by atoms with Crippen LogP contribution in [0, 0.1) is 0 Å². The lowest BCUT2D eigenvalue weighted by atomic mass is 10.1. The van der Waals surface area contributed by atoms with E-state index in [9.17, 15) is 19.0 Å². The lowest BCUT2D eigenvalue weighted by molar-refractivity contribution is -0.870. The molecule has 0 aliphatic rings. The fraction of sp³-hybridized carbons (Fsp3) is 0.724. The van der Waals surface area contributed by atoms with Crippen molar-refractivity contribution in [2.24, 2.45) is 0 Å². The fourth-order valence-electron chi connectivity index (χ4n) is 7.27. The molecule has 0 spiro atoms. The molecular weight excluding hydrogens is 868 g/mol. The zero-order chi connectivity index (χ0) is 50.1. The summed E-state index contributed by atoms with van der Waals surface area (Å²) in [6.07, 6.45) is 61.4. The van der Waals surface area contributed by atoms with E-state index < -0.39 is 32.5 Å². The number of nitrogens with one attached hydrogen (secondary N) is 1. The van der Waals surface area contributed by atoms with Crippen LogP contribution in [0.1, 0.15) is 220 Å². The number of phosphoric acid groups is 1. The number of hydrogen-bond acceptors (Lipinski definition) is 7. The van der Waals surface area contributed by atoms with Crippen molar-refractivity contribution < 1.29 is 37.3 Å². The molecule has 3 atom stereocenters. The average molecular weight is 971 g/mol. The third-order valence-corrected chi connectivity index (χ3v) is 12.5. The number of ether oxygens (including phenoxy) is 1. The van der Waals surface area contributed by atoms with E-state index in [2.05, 4.69) is 92.9 Å². The van der Waals surface area contributed by atoms with Crippen molar-refractivity contribution in [1.29, 1.82) is 0 Å². The summed E-state index contributed by atoms with van der Waals surface area (Å²) >= 11 is 0. The number of esters is 1. The number of likely N-dealkylation sites (N-methyl/N-ethyl adjacent to an activating group) is 1. The Bertz CT molecular complexity index is 1440. The highest BCUT2D eigenvalue weighted by Crippen LogP contribution is 2.38. The number of hydrogen-bond donors (Lipinski definition) is 1. The van der Waals surface area contributed by atoms with Gasteiger partial charge in [0.15, 0.2) is 0 Å². The number of unbranched alkanes of at least 4 members (excludes halogenated alkanes) is 20. The third kappa shape index (κ3) is 48.2. The van der Waals surface area contributed by atoms with Crippen LogP contribution in [-0.4, -0.2) is 69.4 Å². The predicted molar refractivity (Wildman–Crippen MR) is 288 cm³/mol. The van der Waals surface area contributed by atoms with Gasteiger partial charge in [0.05, 0.1) is 33.8 Å². The van der Waals surface area contributed by atoms with Gasteiger partial charge in [-0.15, -0.1) is 0 Å². The molecule has 0 aromatic heterocycles. The van der Waals surface area contributed by atoms with E-state index in [-0.39, 0.29) is 25.4 Å². The molecule has 0 heterocycles. The highest BCUT2D eigenvalue weighted by molar-refractivity contribution is 7.45. The van der Waals surface area contributed by atoms with Crippen molar-refractivity contribution in [3.63, 3.8) is 0 Å². The molecule has 1 amide bonds. The monoisotopic (exact) mass is 971 g/mol. The molecule has 0 fully saturated rings. The van der Waals surface area contributed by atoms with Gasteiger partial charge >= 0.3 is 5.97 Å². The molecule has 0 aromatic carbocycles. The number of carbonyl (C=O) groups is 2. The Morgan fingerprint density at radius 3 is 1.40 bits per heavy atom. The second-order valence-electron chi connectivity index (χ2n) is 19.4. The smallest absolute Gasteiger partial charge is 0.306 e. The van der Waals surface area contributed by atoms with E-state index in [1.807, 2.05) is 33.3 Å². The lowest BCUT2D eigenvalue weighted by Gasteiger charge is -2.30. The first-order chi connectivity index (χ1) is 32.9. The highest BCUT2D eigenvalue weighted by Gasteiger charge is 2.27. The molecule has 0 saturated heterocycles. The third-order valence-electron chi connectivity index (χ3n) is 11.6. The summed E-state index contributed by atoms with van der Waals surface area (Å²) in [5, 5.41) is 2.96. The van der Waals surface area contributed by atoms with Crippen molar-refractivity contribution in [3.8, 4) is 0 Å². The Balaban J connectivity index is 5.56. The standard InChI is InChI=1S/C58H103N2O7P/c1-7-10-13-16-19-22-25-28-29-30-31-33-35-38-41-44-47-50-57(61)59-55(54-66-68(63,64)65-53-52-60(4,5)6)56(49-46-43-40-37-34-27-24-21-18-15-12-9-3)67-58(62)51-48-45-42-39-36-32-26-23-20-17-14-11-8-2/h19,22,28-29,31-33,36,38,41-42,45-46,49,55-56H,7-18,20-21,23-27,30,34-35,37,39-40,43-44,47-48,50-54H2,1-6H3,(H-,59,61,63,64)/b22-19-,29-28-,33-31-,36-32-,41-38-,45-42+,49-46-. The van der Waals surface area contributed by atoms with Crippen LogP contribution >= 0.6 is 7.82 Å². The summed E-state index contributed by atoms with van der Waals surface area (Å²) in [5.41, 5.74) is 0. The predicted octanol–water partition coefficient (Wildman–Crippen LogP) is 15.6. The van der Waals surface area contributed by atoms with Gasteiger partial charge in [-0.25, -0.2) is 0 Å². The molecule has 0 aliphatic heterocycles. The molecule has 68 heavy (non-hydrogen) atoms. The van der Waals surface area contributed by atoms with Crippen molar-refractivity contribution in [2.45, 2.75) is 232 Å². The van der Waals surface area contributed by atoms with E-state index in [4.69, 9.17) is 13.8 Å². The first-order valence-electron chi connectivity index (χ1n) is 27.4. The molecule has 0 radical (unpaired) electrons. The SMILES string of the molecule is CCCCC/C=C\C/C=C\C/C=C\C/C=C\CCCC(=O)NC(COP(=O)([O-])OCC[N+](C)(C)C)C(/C=C\CCCCCCCCCCCC)OC(=O)CC/C=C/C/C=C\CCCCCCCC. The molecule has 0 aromatic rings. The fourth-order valence-corrected chi connectivity index (χ4v) is 7.99. The van der Waals surface area contributed by atoms with Gasteiger partial charge in [0, 0.05) is 12.8 Å². The summed E-state index contributed by atoms with van der Waals surface area (Å²) in [4.78, 5) is 39.7. The number of quaternary nitrogens is 1. The van der Waals surface area contributed by atoms with Gasteiger partial charge in [-0.05, 0) is 89.5 Å². The maximum absolute atomic E-state index is 13.4. The molecule has 0 bridgehead atoms. The van der Waals surface area contributed by atoms with Crippen LogP contribution < -0.4 is 10.2 Å². The molecule has 0 rings (SSSR count). The minimum absolute atomic E-state index is 0.0433. The van der Waals surface area contributed by atoms with Crippen LogP contribution in [0.3, 0.4) is 0 Å². The first kappa shape index (κ1) is 65.2. The van der Waals surface area contributed by atoms with Crippen molar-refractivity contribution in [3.05, 3.63) is 85.1 Å². The first-order valence-corrected chi connectivity index (χ1v) is 28.9. The van der Waals surface area contributed by atoms with Crippen LogP contribution in [0.15, 0.2) is 85.1 Å². The highest BCUT2D eigenvalue weighted by atomic mass is 31.2. The summed E-state index contributed by atoms with van der Waals surface area (Å²) in [5.74, 6) is -0.691. The van der Waals surface area contributed by atoms with Crippen molar-refractivity contribution in [1.82, 2.24) is 5.32 Å². The van der Waals surface area contributed by atoms with Gasteiger partial charge in [0.2, 0.25) is 5.91 Å². The summed E-state index contributed by atoms with van der Waals surface area (Å²) in [6, 6.07) is -0.941. The second-order valence-corrected chi connectivity index (χ2v) is 20.8. The van der Waals surface area contributed by atoms with Gasteiger partial charge in [-0.2, -0.15) is 0 Å². The Labute approximate surface area is 418 Å². The largest absolute Gasteiger partial charge is 0.756 e. The molecule has 392 valence electrons. The zero-order valence-electron chi connectivity index (χ0n) is 44.5. The van der Waals surface area contributed by atoms with Gasteiger partial charge in [-0.1, -0.05) is 202 Å². The van der Waals surface area contributed by atoms with E-state index in [1.165, 1.54) is 116 Å². The van der Waals surface area contributed by atoms with E-state index in [1.54, 1.807) is 6.08 Å². The van der Waals surface area contributed by atoms with Crippen LogP contribution in [0.5, 0.6) is 0 Å². The quantitative estimate of drug-likeness (QED) is 0.0212. The molecular formula is C58H103N2O7P. The number of allylic oxidation sites excluding steroid dienone is 13. The summed E-state index contributed by atoms with van der Waals surface area (Å²) in [7, 11) is 1.11. The lowest BCUT2D eigenvalue weighted by Crippen LogP contribution is -2.47. The zero-order valence-corrected chi connectivity index (χ0v) is 45.4. The van der Waals surface area contributed by atoms with Gasteiger partial charge in [-0.3, -0.25) is 14.2 Å². The second kappa shape index (κ2) is 47.8. The maximum Gasteiger partial charge on any atom is 0.306 e. The molecule has 10 heteroatoms. The summed E-state index contributed by atoms with van der Waals surface area (Å²) < 4.78 is 30.1. The van der Waals surface area contributed by atoms with Gasteiger partial charge < -0.3 is 28.5 Å². The minimum atomic E-state index is -4.72. The van der Waals surface area contributed by atoms with E-state index in [0.717, 1.165) is 57.8 Å². The normalized spacial score (nSPS) is 14.5. The number of carbonyl (C=O) groups excluding carboxylic acids is 2. The van der Waals surface area contributed by atoms with E-state index >= 15 is 0 Å². The number of phosphoric ester groups is 1. The summed E-state index contributed by atoms with van der Waals surface area (Å²) in [6.45, 7) is 6.70. The van der Waals surface area contributed by atoms with Crippen LogP contribution in [-0.2, 0) is 27.9 Å². The Kier molecular flexibility index (Phi) is 45.9. The van der Waals surface area contributed by atoms with Crippen LogP contribution in [0.2, 0.25) is 0 Å². The molecule has 9 nitrogen and oxygen atoms in total. The number of nitrogens with zero attached hydrogens (tertiary/aromatic N) is 1. The van der Waals surface area contributed by atoms with Gasteiger partial charge in [0.25, 0.3) is 7.82 Å².